The highest BCUT2D eigenvalue weighted by Crippen LogP contribution is 2.17. The molecule has 0 aromatic heterocycles. The molecule has 0 saturated carbocycles. The molecule has 0 spiro atoms. The molecule has 0 fully saturated rings. The monoisotopic (exact) mass is 313 g/mol. The molecule has 24 heavy (non-hydrogen) atoms. The molecule has 0 unspecified atom stereocenters. The van der Waals surface area contributed by atoms with Crippen molar-refractivity contribution < 1.29 is 4.79 Å². The van der Waals surface area contributed by atoms with E-state index >= 15 is 0 Å². The van der Waals surface area contributed by atoms with Gasteiger partial charge in [-0.3, -0.25) is 9.79 Å². The van der Waals surface area contributed by atoms with Gasteiger partial charge in [0.15, 0.2) is 5.78 Å². The van der Waals surface area contributed by atoms with Gasteiger partial charge in [0.05, 0.1) is 5.71 Å². The number of nitrogens with zero attached hydrogens (tertiary/aromatic N) is 1. The van der Waals surface area contributed by atoms with E-state index in [1.165, 1.54) is 5.56 Å². The molecular formula is C22H19NO. The number of aliphatic imine (C=N–C) groups is 1. The fourth-order valence-corrected chi connectivity index (χ4v) is 2.54. The van der Waals surface area contributed by atoms with Gasteiger partial charge in [0.2, 0.25) is 0 Å². The summed E-state index contributed by atoms with van der Waals surface area (Å²) in [6, 6.07) is 17.5. The number of Topliss-reactive ketones (excluding diaryl/α,β-unsaturated/α-hetero) is 1. The highest BCUT2D eigenvalue weighted by molar-refractivity contribution is 6.15. The molecule has 2 nitrogen and oxygen atoms in total. The van der Waals surface area contributed by atoms with Gasteiger partial charge in [-0.05, 0) is 30.2 Å². The first-order chi connectivity index (χ1) is 11.7. The van der Waals surface area contributed by atoms with Crippen molar-refractivity contribution in [3.63, 3.8) is 0 Å². The Kier molecular flexibility index (Phi) is 4.97. The third-order valence-corrected chi connectivity index (χ3v) is 3.92. The van der Waals surface area contributed by atoms with Crippen molar-refractivity contribution in [3.8, 4) is 0 Å². The van der Waals surface area contributed by atoms with E-state index in [4.69, 9.17) is 0 Å². The second-order valence-corrected chi connectivity index (χ2v) is 5.67. The number of hydrogen-bond acceptors (Lipinski definition) is 2. The number of carbonyl (C=O) groups excluding carboxylic acids is 1. The normalized spacial score (nSPS) is 16.7. The van der Waals surface area contributed by atoms with Gasteiger partial charge in [-0.2, -0.15) is 0 Å². The molecule has 1 aliphatic carbocycles. The number of ketones is 1. The SMILES string of the molecule is Cc1ccccc1/C=C1/C=CC=CC1=NCC(=O)c1ccccc1. The molecule has 0 radical (unpaired) electrons. The number of aryl methyl sites for hydroxylation is 1. The molecule has 0 atom stereocenters. The summed E-state index contributed by atoms with van der Waals surface area (Å²) in [5.74, 6) is 0.0290. The number of carbonyl (C=O) groups is 1. The number of rotatable bonds is 4. The van der Waals surface area contributed by atoms with Crippen LogP contribution in [-0.2, 0) is 0 Å². The van der Waals surface area contributed by atoms with E-state index in [9.17, 15) is 4.79 Å². The predicted octanol–water partition coefficient (Wildman–Crippen LogP) is 4.83. The van der Waals surface area contributed by atoms with Crippen molar-refractivity contribution >= 4 is 17.6 Å². The summed E-state index contributed by atoms with van der Waals surface area (Å²) in [6.07, 6.45) is 10.0. The molecule has 0 bridgehead atoms. The lowest BCUT2D eigenvalue weighted by Crippen LogP contribution is -2.08. The summed E-state index contributed by atoms with van der Waals surface area (Å²) in [4.78, 5) is 16.8. The van der Waals surface area contributed by atoms with E-state index in [1.54, 1.807) is 0 Å². The van der Waals surface area contributed by atoms with Crippen LogP contribution in [0.2, 0.25) is 0 Å². The van der Waals surface area contributed by atoms with Gasteiger partial charge >= 0.3 is 0 Å². The molecule has 1 aliphatic rings. The summed E-state index contributed by atoms with van der Waals surface area (Å²) < 4.78 is 0. The Bertz CT molecular complexity index is 855. The first kappa shape index (κ1) is 15.9. The van der Waals surface area contributed by atoms with Gasteiger partial charge in [-0.1, -0.05) is 72.8 Å². The van der Waals surface area contributed by atoms with E-state index in [0.717, 1.165) is 16.8 Å². The minimum Gasteiger partial charge on any atom is -0.292 e. The molecule has 0 amide bonds. The lowest BCUT2D eigenvalue weighted by molar-refractivity contribution is 0.100. The van der Waals surface area contributed by atoms with Crippen LogP contribution in [0.4, 0.5) is 0 Å². The van der Waals surface area contributed by atoms with Crippen molar-refractivity contribution in [2.45, 2.75) is 6.92 Å². The predicted molar refractivity (Wildman–Crippen MR) is 101 cm³/mol. The Labute approximate surface area is 142 Å². The average Bonchev–Trinajstić information content (AvgIpc) is 2.63. The smallest absolute Gasteiger partial charge is 0.184 e. The molecule has 0 aliphatic heterocycles. The summed E-state index contributed by atoms with van der Waals surface area (Å²) in [5.41, 5.74) is 4.93. The Balaban J connectivity index is 1.83. The Morgan fingerprint density at radius 3 is 2.46 bits per heavy atom. The fraction of sp³-hybridized carbons (Fsp3) is 0.0909. The van der Waals surface area contributed by atoms with Gasteiger partial charge in [-0.25, -0.2) is 0 Å². The fourth-order valence-electron chi connectivity index (χ4n) is 2.54. The molecule has 2 aromatic carbocycles. The lowest BCUT2D eigenvalue weighted by atomic mass is 10.00. The third kappa shape index (κ3) is 3.85. The minimum atomic E-state index is 0.0290. The molecule has 0 N–H and O–H groups in total. The van der Waals surface area contributed by atoms with Crippen LogP contribution in [0.25, 0.3) is 6.08 Å². The molecule has 2 aromatic rings. The second kappa shape index (κ2) is 7.51. The third-order valence-electron chi connectivity index (χ3n) is 3.92. The van der Waals surface area contributed by atoms with Crippen molar-refractivity contribution in [2.24, 2.45) is 4.99 Å². The van der Waals surface area contributed by atoms with Crippen LogP contribution in [0.1, 0.15) is 21.5 Å². The summed E-state index contributed by atoms with van der Waals surface area (Å²) in [5, 5.41) is 0. The van der Waals surface area contributed by atoms with Gasteiger partial charge in [0.25, 0.3) is 0 Å². The topological polar surface area (TPSA) is 29.4 Å². The van der Waals surface area contributed by atoms with Crippen molar-refractivity contribution in [1.82, 2.24) is 0 Å². The molecule has 3 rings (SSSR count). The Hall–Kier alpha value is -3.00. The zero-order valence-corrected chi connectivity index (χ0v) is 13.6. The van der Waals surface area contributed by atoms with Gasteiger partial charge in [0, 0.05) is 11.1 Å². The molecule has 0 saturated heterocycles. The zero-order chi connectivity index (χ0) is 16.8. The highest BCUT2D eigenvalue weighted by Gasteiger charge is 2.08. The quantitative estimate of drug-likeness (QED) is 0.743. The van der Waals surface area contributed by atoms with E-state index in [0.29, 0.717) is 5.56 Å². The summed E-state index contributed by atoms with van der Waals surface area (Å²) in [7, 11) is 0. The van der Waals surface area contributed by atoms with Gasteiger partial charge < -0.3 is 0 Å². The molecule has 0 heterocycles. The van der Waals surface area contributed by atoms with Crippen molar-refractivity contribution in [1.29, 1.82) is 0 Å². The van der Waals surface area contributed by atoms with Crippen LogP contribution >= 0.6 is 0 Å². The van der Waals surface area contributed by atoms with Crippen LogP contribution < -0.4 is 0 Å². The molecular weight excluding hydrogens is 294 g/mol. The maximum absolute atomic E-state index is 12.2. The van der Waals surface area contributed by atoms with Crippen molar-refractivity contribution in [3.05, 3.63) is 101 Å². The maximum Gasteiger partial charge on any atom is 0.184 e. The summed E-state index contributed by atoms with van der Waals surface area (Å²) >= 11 is 0. The first-order valence-electron chi connectivity index (χ1n) is 7.99. The first-order valence-corrected chi connectivity index (χ1v) is 7.99. The Morgan fingerprint density at radius 2 is 1.67 bits per heavy atom. The maximum atomic E-state index is 12.2. The minimum absolute atomic E-state index is 0.0290. The van der Waals surface area contributed by atoms with E-state index < -0.39 is 0 Å². The van der Waals surface area contributed by atoms with E-state index in [-0.39, 0.29) is 12.3 Å². The lowest BCUT2D eigenvalue weighted by Gasteiger charge is -2.08. The van der Waals surface area contributed by atoms with Crippen LogP contribution in [-0.4, -0.2) is 18.0 Å². The van der Waals surface area contributed by atoms with E-state index in [2.05, 4.69) is 30.1 Å². The molecule has 118 valence electrons. The Morgan fingerprint density at radius 1 is 0.958 bits per heavy atom. The summed E-state index contributed by atoms with van der Waals surface area (Å²) in [6.45, 7) is 2.24. The van der Waals surface area contributed by atoms with Crippen LogP contribution in [0.5, 0.6) is 0 Å². The number of benzene rings is 2. The number of hydrogen-bond donors (Lipinski definition) is 0. The van der Waals surface area contributed by atoms with Gasteiger partial charge in [0.1, 0.15) is 6.54 Å². The van der Waals surface area contributed by atoms with Crippen LogP contribution in [0.3, 0.4) is 0 Å². The van der Waals surface area contributed by atoms with Crippen LogP contribution in [0.15, 0.2) is 89.5 Å². The second-order valence-electron chi connectivity index (χ2n) is 5.67. The molecule has 2 heteroatoms. The standard InChI is InChI=1S/C22H19NO/c1-17-9-5-6-12-19(17)15-20-13-7-8-14-21(20)23-16-22(24)18-10-3-2-4-11-18/h2-15H,16H2,1H3/b20-15-,23-21?. The van der Waals surface area contributed by atoms with Crippen molar-refractivity contribution in [2.75, 3.05) is 6.54 Å². The number of allylic oxidation sites excluding steroid dienone is 5. The van der Waals surface area contributed by atoms with Crippen LogP contribution in [0, 0.1) is 6.92 Å². The average molecular weight is 313 g/mol. The highest BCUT2D eigenvalue weighted by atomic mass is 16.1. The largest absolute Gasteiger partial charge is 0.292 e. The zero-order valence-electron chi connectivity index (χ0n) is 13.6. The van der Waals surface area contributed by atoms with Gasteiger partial charge in [-0.15, -0.1) is 0 Å². The van der Waals surface area contributed by atoms with E-state index in [1.807, 2.05) is 66.8 Å².